The van der Waals surface area contributed by atoms with Gasteiger partial charge in [-0.05, 0) is 18.6 Å². The van der Waals surface area contributed by atoms with Crippen molar-refractivity contribution in [2.75, 3.05) is 5.32 Å². The number of nitrogens with one attached hydrogen (secondary N) is 1. The number of carbonyl (C=O) groups excluding carboxylic acids is 1. The van der Waals surface area contributed by atoms with Gasteiger partial charge in [-0.15, -0.1) is 0 Å². The van der Waals surface area contributed by atoms with Gasteiger partial charge in [0, 0.05) is 18.3 Å². The molecule has 0 aliphatic rings. The molecule has 0 saturated heterocycles. The molecule has 17 heavy (non-hydrogen) atoms. The third-order valence-electron chi connectivity index (χ3n) is 2.31. The van der Waals surface area contributed by atoms with E-state index < -0.39 is 0 Å². The van der Waals surface area contributed by atoms with Gasteiger partial charge < -0.3 is 10.5 Å². The molecule has 0 aliphatic carbocycles. The zero-order valence-corrected chi connectivity index (χ0v) is 9.25. The number of aryl methyl sites for hydroxylation is 1. The lowest BCUT2D eigenvalue weighted by atomic mass is 10.2. The lowest BCUT2D eigenvalue weighted by Crippen LogP contribution is -2.25. The molecule has 0 aromatic carbocycles. The van der Waals surface area contributed by atoms with E-state index in [0.717, 1.165) is 5.56 Å². The van der Waals surface area contributed by atoms with Gasteiger partial charge in [0.05, 0.1) is 5.56 Å². The molecule has 0 atom stereocenters. The van der Waals surface area contributed by atoms with Crippen LogP contribution in [0.15, 0.2) is 42.9 Å². The van der Waals surface area contributed by atoms with Gasteiger partial charge >= 0.3 is 0 Å². The summed E-state index contributed by atoms with van der Waals surface area (Å²) in [6.07, 6.45) is 4.17. The molecule has 2 heterocycles. The summed E-state index contributed by atoms with van der Waals surface area (Å²) in [5.74, 6) is 0.240. The zero-order chi connectivity index (χ0) is 12.3. The number of amides is 1. The smallest absolute Gasteiger partial charge is 0.257 e. The van der Waals surface area contributed by atoms with Gasteiger partial charge in [0.15, 0.2) is 12.4 Å². The van der Waals surface area contributed by atoms with Crippen LogP contribution in [0, 0.1) is 12.1 Å². The van der Waals surface area contributed by atoms with Gasteiger partial charge in [-0.2, -0.15) is 4.73 Å². The summed E-state index contributed by atoms with van der Waals surface area (Å²) in [5.41, 5.74) is 1.30. The third kappa shape index (κ3) is 2.57. The standard InChI is InChI=1S/C12H11N3O2/c1-9-3-2-6-13-11(9)14-12(16)10-4-7-15(17)8-5-10/h2-8H,1H3,(H,13,14,16). The van der Waals surface area contributed by atoms with E-state index in [1.54, 1.807) is 12.3 Å². The molecule has 0 bridgehead atoms. The van der Waals surface area contributed by atoms with Crippen LogP contribution in [-0.2, 0) is 0 Å². The number of pyridine rings is 2. The predicted octanol–water partition coefficient (Wildman–Crippen LogP) is 1.28. The fourth-order valence-electron chi connectivity index (χ4n) is 1.36. The first-order chi connectivity index (χ1) is 8.16. The Morgan fingerprint density at radius 1 is 1.35 bits per heavy atom. The van der Waals surface area contributed by atoms with E-state index in [0.29, 0.717) is 16.1 Å². The highest BCUT2D eigenvalue weighted by molar-refractivity contribution is 6.03. The summed E-state index contributed by atoms with van der Waals surface area (Å²) in [7, 11) is 0. The summed E-state index contributed by atoms with van der Waals surface area (Å²) in [5, 5.41) is 13.5. The molecular weight excluding hydrogens is 218 g/mol. The first-order valence-electron chi connectivity index (χ1n) is 5.08. The van der Waals surface area contributed by atoms with Crippen molar-refractivity contribution in [3.8, 4) is 0 Å². The van der Waals surface area contributed by atoms with Crippen LogP contribution in [-0.4, -0.2) is 10.9 Å². The molecule has 0 saturated carbocycles. The minimum atomic E-state index is -0.285. The topological polar surface area (TPSA) is 68.9 Å². The largest absolute Gasteiger partial charge is 0.619 e. The minimum absolute atomic E-state index is 0.285. The minimum Gasteiger partial charge on any atom is -0.619 e. The number of carbonyl (C=O) groups is 1. The quantitative estimate of drug-likeness (QED) is 0.623. The molecule has 0 aliphatic heterocycles. The van der Waals surface area contributed by atoms with Gasteiger partial charge in [0.2, 0.25) is 0 Å². The van der Waals surface area contributed by atoms with Gasteiger partial charge in [0.1, 0.15) is 5.82 Å². The third-order valence-corrected chi connectivity index (χ3v) is 2.31. The Morgan fingerprint density at radius 3 is 2.71 bits per heavy atom. The molecule has 0 spiro atoms. The van der Waals surface area contributed by atoms with Crippen LogP contribution in [0.3, 0.4) is 0 Å². The second-order valence-electron chi connectivity index (χ2n) is 3.57. The maximum atomic E-state index is 11.8. The molecule has 1 N–H and O–H groups in total. The van der Waals surface area contributed by atoms with Crippen LogP contribution in [0.25, 0.3) is 0 Å². The normalized spacial score (nSPS) is 9.94. The molecule has 5 heteroatoms. The number of rotatable bonds is 2. The second kappa shape index (κ2) is 4.61. The Hall–Kier alpha value is -2.43. The monoisotopic (exact) mass is 229 g/mol. The van der Waals surface area contributed by atoms with Crippen LogP contribution in [0.2, 0.25) is 0 Å². The Morgan fingerprint density at radius 2 is 2.06 bits per heavy atom. The fourth-order valence-corrected chi connectivity index (χ4v) is 1.36. The second-order valence-corrected chi connectivity index (χ2v) is 3.57. The predicted molar refractivity (Wildman–Crippen MR) is 62.3 cm³/mol. The van der Waals surface area contributed by atoms with E-state index in [-0.39, 0.29) is 5.91 Å². The summed E-state index contributed by atoms with van der Waals surface area (Å²) in [4.78, 5) is 15.9. The average molecular weight is 229 g/mol. The maximum absolute atomic E-state index is 11.8. The molecular formula is C12H11N3O2. The van der Waals surface area contributed by atoms with Gasteiger partial charge in [-0.1, -0.05) is 6.07 Å². The average Bonchev–Trinajstić information content (AvgIpc) is 2.33. The summed E-state index contributed by atoms with van der Waals surface area (Å²) in [6, 6.07) is 6.58. The highest BCUT2D eigenvalue weighted by Gasteiger charge is 2.08. The van der Waals surface area contributed by atoms with Crippen molar-refractivity contribution in [1.82, 2.24) is 4.98 Å². The van der Waals surface area contributed by atoms with Crippen molar-refractivity contribution in [1.29, 1.82) is 0 Å². The van der Waals surface area contributed by atoms with E-state index in [2.05, 4.69) is 10.3 Å². The highest BCUT2D eigenvalue weighted by atomic mass is 16.5. The first-order valence-corrected chi connectivity index (χ1v) is 5.08. The molecule has 2 aromatic heterocycles. The molecule has 2 rings (SSSR count). The first kappa shape index (κ1) is 11.1. The van der Waals surface area contributed by atoms with Crippen molar-refractivity contribution in [2.45, 2.75) is 6.92 Å². The van der Waals surface area contributed by atoms with Crippen LogP contribution in [0.4, 0.5) is 5.82 Å². The van der Waals surface area contributed by atoms with Crippen molar-refractivity contribution in [3.05, 3.63) is 59.2 Å². The SMILES string of the molecule is Cc1cccnc1NC(=O)c1cc[n+]([O-])cc1. The Labute approximate surface area is 98.3 Å². The van der Waals surface area contributed by atoms with Crippen molar-refractivity contribution in [2.24, 2.45) is 0 Å². The van der Waals surface area contributed by atoms with E-state index in [1.165, 1.54) is 24.5 Å². The Balaban J connectivity index is 2.17. The van der Waals surface area contributed by atoms with Crippen molar-refractivity contribution in [3.63, 3.8) is 0 Å². The van der Waals surface area contributed by atoms with E-state index in [1.807, 2.05) is 13.0 Å². The van der Waals surface area contributed by atoms with Gasteiger partial charge in [-0.3, -0.25) is 4.79 Å². The van der Waals surface area contributed by atoms with Gasteiger partial charge in [-0.25, -0.2) is 4.98 Å². The van der Waals surface area contributed by atoms with Crippen LogP contribution < -0.4 is 10.0 Å². The number of aromatic nitrogens is 2. The van der Waals surface area contributed by atoms with Gasteiger partial charge in [0.25, 0.3) is 5.91 Å². The lowest BCUT2D eigenvalue weighted by Gasteiger charge is -2.06. The number of hydrogen-bond acceptors (Lipinski definition) is 3. The molecule has 86 valence electrons. The Bertz CT molecular complexity index is 538. The zero-order valence-electron chi connectivity index (χ0n) is 9.25. The number of nitrogens with zero attached hydrogens (tertiary/aromatic N) is 2. The van der Waals surface area contributed by atoms with E-state index in [4.69, 9.17) is 0 Å². The molecule has 1 amide bonds. The molecule has 0 unspecified atom stereocenters. The summed E-state index contributed by atoms with van der Waals surface area (Å²) in [6.45, 7) is 1.86. The van der Waals surface area contributed by atoms with E-state index in [9.17, 15) is 10.0 Å². The number of anilines is 1. The Kier molecular flexibility index (Phi) is 3.00. The van der Waals surface area contributed by atoms with Crippen molar-refractivity contribution < 1.29 is 9.52 Å². The molecule has 0 radical (unpaired) electrons. The molecule has 0 fully saturated rings. The van der Waals surface area contributed by atoms with Crippen LogP contribution in [0.5, 0.6) is 0 Å². The summed E-state index contributed by atoms with van der Waals surface area (Å²) >= 11 is 0. The lowest BCUT2D eigenvalue weighted by molar-refractivity contribution is -0.605. The maximum Gasteiger partial charge on any atom is 0.257 e. The molecule has 2 aromatic rings. The van der Waals surface area contributed by atoms with Crippen LogP contribution >= 0.6 is 0 Å². The van der Waals surface area contributed by atoms with Crippen LogP contribution in [0.1, 0.15) is 15.9 Å². The molecule has 5 nitrogen and oxygen atoms in total. The summed E-state index contributed by atoms with van der Waals surface area (Å²) < 4.78 is 0.628. The van der Waals surface area contributed by atoms with Crippen molar-refractivity contribution >= 4 is 11.7 Å². The highest BCUT2D eigenvalue weighted by Crippen LogP contribution is 2.10. The van der Waals surface area contributed by atoms with E-state index >= 15 is 0 Å². The number of hydrogen-bond donors (Lipinski definition) is 1. The fraction of sp³-hybridized carbons (Fsp3) is 0.0833.